The molecule has 2 amide bonds. The van der Waals surface area contributed by atoms with Gasteiger partial charge in [-0.25, -0.2) is 4.68 Å². The molecule has 4 aromatic rings. The Morgan fingerprint density at radius 2 is 1.70 bits per heavy atom. The van der Waals surface area contributed by atoms with E-state index >= 15 is 0 Å². The van der Waals surface area contributed by atoms with Gasteiger partial charge in [0.15, 0.2) is 0 Å². The van der Waals surface area contributed by atoms with Crippen molar-refractivity contribution in [2.45, 2.75) is 46.3 Å². The van der Waals surface area contributed by atoms with Crippen molar-refractivity contribution in [2.75, 3.05) is 6.54 Å². The van der Waals surface area contributed by atoms with Crippen LogP contribution in [0.25, 0.3) is 11.0 Å². The van der Waals surface area contributed by atoms with Gasteiger partial charge in [0.25, 0.3) is 0 Å². The largest absolute Gasteiger partial charge is 0.354 e. The molecule has 1 N–H and O–H groups in total. The molecular weight excluding hydrogens is 486 g/mol. The van der Waals surface area contributed by atoms with E-state index in [2.05, 4.69) is 29.5 Å². The van der Waals surface area contributed by atoms with Gasteiger partial charge in [0.2, 0.25) is 11.8 Å². The van der Waals surface area contributed by atoms with Crippen LogP contribution in [0.15, 0.2) is 72.8 Å². The SMILES string of the molecule is Cc1ccc(C(C(=O)NCCC(C)C)N(Cc2ccccc2Cl)C(=O)Cn2nnc3ccccc32)cc1. The van der Waals surface area contributed by atoms with Gasteiger partial charge in [0, 0.05) is 18.1 Å². The molecule has 4 rings (SSSR count). The Hall–Kier alpha value is -3.71. The Morgan fingerprint density at radius 3 is 2.43 bits per heavy atom. The van der Waals surface area contributed by atoms with E-state index in [0.717, 1.165) is 28.6 Å². The van der Waals surface area contributed by atoms with Crippen LogP contribution in [0.3, 0.4) is 0 Å². The fourth-order valence-electron chi connectivity index (χ4n) is 4.19. The Bertz CT molecular complexity index is 1370. The minimum absolute atomic E-state index is 0.0629. The predicted molar refractivity (Wildman–Crippen MR) is 146 cm³/mol. The van der Waals surface area contributed by atoms with Crippen LogP contribution in [-0.2, 0) is 22.7 Å². The third-order valence-corrected chi connectivity index (χ3v) is 6.67. The monoisotopic (exact) mass is 517 g/mol. The Kier molecular flexibility index (Phi) is 8.56. The number of hydrogen-bond acceptors (Lipinski definition) is 4. The summed E-state index contributed by atoms with van der Waals surface area (Å²) in [5, 5.41) is 12.0. The summed E-state index contributed by atoms with van der Waals surface area (Å²) >= 11 is 6.50. The molecule has 0 aliphatic heterocycles. The molecule has 8 heteroatoms. The zero-order valence-corrected chi connectivity index (χ0v) is 22.2. The number of aromatic nitrogens is 3. The number of fused-ring (bicyclic) bond motifs is 1. The van der Waals surface area contributed by atoms with E-state index in [4.69, 9.17) is 11.6 Å². The number of carbonyl (C=O) groups excluding carboxylic acids is 2. The van der Waals surface area contributed by atoms with E-state index in [9.17, 15) is 9.59 Å². The molecule has 192 valence electrons. The van der Waals surface area contributed by atoms with Crippen molar-refractivity contribution in [3.63, 3.8) is 0 Å². The minimum atomic E-state index is -0.841. The highest BCUT2D eigenvalue weighted by Crippen LogP contribution is 2.27. The van der Waals surface area contributed by atoms with Gasteiger partial charge in [-0.15, -0.1) is 5.10 Å². The van der Waals surface area contributed by atoms with Crippen LogP contribution in [0.5, 0.6) is 0 Å². The van der Waals surface area contributed by atoms with Crippen LogP contribution in [0.2, 0.25) is 5.02 Å². The van der Waals surface area contributed by atoms with Gasteiger partial charge in [-0.2, -0.15) is 0 Å². The molecule has 7 nitrogen and oxygen atoms in total. The minimum Gasteiger partial charge on any atom is -0.354 e. The second-order valence-corrected chi connectivity index (χ2v) is 10.0. The first kappa shape index (κ1) is 26.4. The molecule has 1 aromatic heterocycles. The van der Waals surface area contributed by atoms with Crippen LogP contribution >= 0.6 is 11.6 Å². The van der Waals surface area contributed by atoms with E-state index < -0.39 is 6.04 Å². The lowest BCUT2D eigenvalue weighted by atomic mass is 10.0. The summed E-state index contributed by atoms with van der Waals surface area (Å²) in [4.78, 5) is 29.2. The van der Waals surface area contributed by atoms with Crippen molar-refractivity contribution < 1.29 is 9.59 Å². The van der Waals surface area contributed by atoms with Gasteiger partial charge in [0.05, 0.1) is 5.52 Å². The van der Waals surface area contributed by atoms with E-state index in [0.29, 0.717) is 23.0 Å². The van der Waals surface area contributed by atoms with Crippen LogP contribution in [0.1, 0.15) is 43.0 Å². The first-order chi connectivity index (χ1) is 17.8. The zero-order valence-electron chi connectivity index (χ0n) is 21.4. The van der Waals surface area contributed by atoms with Crippen molar-refractivity contribution >= 4 is 34.4 Å². The maximum absolute atomic E-state index is 14.0. The lowest BCUT2D eigenvalue weighted by molar-refractivity contribution is -0.142. The highest BCUT2D eigenvalue weighted by Gasteiger charge is 2.32. The molecule has 0 spiro atoms. The third-order valence-electron chi connectivity index (χ3n) is 6.30. The molecule has 37 heavy (non-hydrogen) atoms. The summed E-state index contributed by atoms with van der Waals surface area (Å²) in [7, 11) is 0. The molecule has 1 atom stereocenters. The van der Waals surface area contributed by atoms with Gasteiger partial charge in [0.1, 0.15) is 18.1 Å². The first-order valence-corrected chi connectivity index (χ1v) is 12.9. The lowest BCUT2D eigenvalue weighted by Gasteiger charge is -2.32. The summed E-state index contributed by atoms with van der Waals surface area (Å²) in [6, 6.07) is 21.7. The molecule has 0 saturated carbocycles. The van der Waals surface area contributed by atoms with E-state index in [-0.39, 0.29) is 24.9 Å². The molecular formula is C29H32ClN5O2. The van der Waals surface area contributed by atoms with Crippen molar-refractivity contribution in [3.05, 3.63) is 94.5 Å². The average Bonchev–Trinajstić information content (AvgIpc) is 3.28. The molecule has 0 saturated heterocycles. The number of aryl methyl sites for hydroxylation is 1. The van der Waals surface area contributed by atoms with Crippen LogP contribution < -0.4 is 5.32 Å². The molecule has 0 fully saturated rings. The van der Waals surface area contributed by atoms with Gasteiger partial charge >= 0.3 is 0 Å². The highest BCUT2D eigenvalue weighted by atomic mass is 35.5. The van der Waals surface area contributed by atoms with Crippen LogP contribution in [0, 0.1) is 12.8 Å². The first-order valence-electron chi connectivity index (χ1n) is 12.5. The van der Waals surface area contributed by atoms with Crippen molar-refractivity contribution in [1.82, 2.24) is 25.2 Å². The quantitative estimate of drug-likeness (QED) is 0.308. The molecule has 1 heterocycles. The number of carbonyl (C=O) groups is 2. The van der Waals surface area contributed by atoms with Crippen LogP contribution in [-0.4, -0.2) is 38.3 Å². The normalized spacial score (nSPS) is 12.0. The van der Waals surface area contributed by atoms with E-state index in [1.54, 1.807) is 15.6 Å². The average molecular weight is 518 g/mol. The maximum atomic E-state index is 14.0. The topological polar surface area (TPSA) is 80.1 Å². The van der Waals surface area contributed by atoms with Gasteiger partial charge in [-0.3, -0.25) is 9.59 Å². The summed E-state index contributed by atoms with van der Waals surface area (Å²) in [6.07, 6.45) is 0.843. The molecule has 0 radical (unpaired) electrons. The van der Waals surface area contributed by atoms with Crippen LogP contribution in [0.4, 0.5) is 0 Å². The number of halogens is 1. The predicted octanol–water partition coefficient (Wildman–Crippen LogP) is 5.33. The van der Waals surface area contributed by atoms with Crippen molar-refractivity contribution in [2.24, 2.45) is 5.92 Å². The third kappa shape index (κ3) is 6.54. The summed E-state index contributed by atoms with van der Waals surface area (Å²) in [6.45, 7) is 6.84. The number of para-hydroxylation sites is 1. The number of amides is 2. The van der Waals surface area contributed by atoms with Gasteiger partial charge in [-0.1, -0.05) is 90.8 Å². The number of benzene rings is 3. The molecule has 0 bridgehead atoms. The van der Waals surface area contributed by atoms with E-state index in [1.807, 2.05) is 73.7 Å². The second-order valence-electron chi connectivity index (χ2n) is 9.64. The fourth-order valence-corrected chi connectivity index (χ4v) is 4.38. The maximum Gasteiger partial charge on any atom is 0.247 e. The summed E-state index contributed by atoms with van der Waals surface area (Å²) in [5.41, 5.74) is 4.02. The molecule has 0 aliphatic carbocycles. The summed E-state index contributed by atoms with van der Waals surface area (Å²) in [5.74, 6) is -0.0481. The zero-order chi connectivity index (χ0) is 26.4. The number of hydrogen-bond donors (Lipinski definition) is 1. The van der Waals surface area contributed by atoms with Gasteiger partial charge < -0.3 is 10.2 Å². The number of nitrogens with one attached hydrogen (secondary N) is 1. The fraction of sp³-hybridized carbons (Fsp3) is 0.310. The number of rotatable bonds is 10. The standard InChI is InChI=1S/C29H32ClN5O2/c1-20(2)16-17-31-29(37)28(22-14-12-21(3)13-15-22)34(18-23-8-4-5-9-24(23)30)27(36)19-35-26-11-7-6-10-25(26)32-33-35/h4-15,20,28H,16-19H2,1-3H3,(H,31,37). The second kappa shape index (κ2) is 12.0. The van der Waals surface area contributed by atoms with Crippen molar-refractivity contribution in [1.29, 1.82) is 0 Å². The smallest absolute Gasteiger partial charge is 0.247 e. The van der Waals surface area contributed by atoms with E-state index in [1.165, 1.54) is 0 Å². The number of nitrogens with zero attached hydrogens (tertiary/aromatic N) is 4. The summed E-state index contributed by atoms with van der Waals surface area (Å²) < 4.78 is 1.57. The Labute approximate surface area is 222 Å². The highest BCUT2D eigenvalue weighted by molar-refractivity contribution is 6.31. The Balaban J connectivity index is 1.73. The lowest BCUT2D eigenvalue weighted by Crippen LogP contribution is -2.45. The molecule has 3 aromatic carbocycles. The molecule has 0 aliphatic rings. The van der Waals surface area contributed by atoms with Crippen molar-refractivity contribution in [3.8, 4) is 0 Å². The Morgan fingerprint density at radius 1 is 1.00 bits per heavy atom. The molecule has 1 unspecified atom stereocenters. The van der Waals surface area contributed by atoms with Gasteiger partial charge in [-0.05, 0) is 48.6 Å².